The molecule has 0 bridgehead atoms. The Labute approximate surface area is 229 Å². The van der Waals surface area contributed by atoms with E-state index in [1.807, 2.05) is 24.3 Å². The molecule has 0 radical (unpaired) electrons. The first kappa shape index (κ1) is 29.3. The van der Waals surface area contributed by atoms with E-state index >= 15 is 0 Å². The monoisotopic (exact) mass is 568 g/mol. The third-order valence-corrected chi connectivity index (χ3v) is 8.12. The number of nitrogens with two attached hydrogens (primary N) is 1. The van der Waals surface area contributed by atoms with E-state index in [4.69, 9.17) is 5.73 Å². The fraction of sp³-hybridized carbons (Fsp3) is 0.615. The molecule has 2 fully saturated rings. The van der Waals surface area contributed by atoms with Crippen LogP contribution in [0.3, 0.4) is 0 Å². The summed E-state index contributed by atoms with van der Waals surface area (Å²) in [5, 5.41) is 14.4. The number of thioether (sulfide) groups is 1. The predicted octanol–water partition coefficient (Wildman–Crippen LogP) is 3.87. The Hall–Kier alpha value is -2.64. The van der Waals surface area contributed by atoms with Gasteiger partial charge in [-0.1, -0.05) is 56.8 Å². The Morgan fingerprint density at radius 2 is 1.67 bits per heavy atom. The Kier molecular flexibility index (Phi) is 8.62. The smallest absolute Gasteiger partial charge is 0.391 e. The van der Waals surface area contributed by atoms with Crippen LogP contribution in [0.25, 0.3) is 0 Å². The first-order chi connectivity index (χ1) is 18.3. The van der Waals surface area contributed by atoms with Gasteiger partial charge in [-0.3, -0.25) is 4.79 Å². The van der Waals surface area contributed by atoms with Gasteiger partial charge in [0.05, 0.1) is 17.9 Å². The maximum Gasteiger partial charge on any atom is 0.392 e. The number of hydrogen-bond acceptors (Lipinski definition) is 7. The number of aromatic nitrogens is 3. The molecule has 2 amide bonds. The Morgan fingerprint density at radius 3 is 2.23 bits per heavy atom. The number of aliphatic hydroxyl groups excluding tert-OH is 1. The van der Waals surface area contributed by atoms with Crippen molar-refractivity contribution in [1.82, 2.24) is 24.6 Å². The molecule has 2 aliphatic rings. The van der Waals surface area contributed by atoms with Gasteiger partial charge in [-0.25, -0.2) is 9.78 Å². The molecule has 2 saturated heterocycles. The summed E-state index contributed by atoms with van der Waals surface area (Å²) in [5.41, 5.74) is 6.72. The summed E-state index contributed by atoms with van der Waals surface area (Å²) in [6.07, 6.45) is -5.02. The van der Waals surface area contributed by atoms with E-state index < -0.39 is 35.6 Å². The van der Waals surface area contributed by atoms with Crippen molar-refractivity contribution in [3.05, 3.63) is 41.2 Å². The lowest BCUT2D eigenvalue weighted by Crippen LogP contribution is -2.51. The average Bonchev–Trinajstić information content (AvgIpc) is 3.51. The van der Waals surface area contributed by atoms with E-state index in [1.54, 1.807) is 20.8 Å². The predicted molar refractivity (Wildman–Crippen MR) is 140 cm³/mol. The molecule has 0 saturated carbocycles. The number of alkyl halides is 3. The van der Waals surface area contributed by atoms with Gasteiger partial charge in [0.2, 0.25) is 0 Å². The van der Waals surface area contributed by atoms with E-state index in [0.29, 0.717) is 25.3 Å². The van der Waals surface area contributed by atoms with Gasteiger partial charge in [-0.05, 0) is 24.0 Å². The SMILES string of the molecule is CC(C)(C)C(=O)n1nc(C2CN(C(=O)N3CCC(O)C3)CCC2C(F)(F)F)nc1SCc1ccc(CN)cc1. The van der Waals surface area contributed by atoms with Crippen molar-refractivity contribution in [2.24, 2.45) is 17.1 Å². The summed E-state index contributed by atoms with van der Waals surface area (Å²) in [6.45, 7) is 5.75. The molecule has 0 aliphatic carbocycles. The number of piperidine rings is 1. The number of amides is 2. The number of hydrogen-bond donors (Lipinski definition) is 2. The van der Waals surface area contributed by atoms with Gasteiger partial charge in [0.25, 0.3) is 5.91 Å². The van der Waals surface area contributed by atoms with Crippen molar-refractivity contribution in [2.45, 2.75) is 69.3 Å². The molecule has 39 heavy (non-hydrogen) atoms. The molecular formula is C26H35F3N6O3S. The zero-order valence-corrected chi connectivity index (χ0v) is 23.1. The number of β-amino-alcohol motifs (C(OH)–C–C–N with tert-alkyl or cyclic N) is 1. The molecule has 4 rings (SSSR count). The van der Waals surface area contributed by atoms with Crippen LogP contribution in [0.4, 0.5) is 18.0 Å². The number of halogens is 3. The molecule has 3 unspecified atom stereocenters. The minimum atomic E-state index is -4.53. The highest BCUT2D eigenvalue weighted by atomic mass is 32.2. The molecule has 3 heterocycles. The number of urea groups is 1. The number of carbonyl (C=O) groups is 2. The zero-order chi connectivity index (χ0) is 28.5. The van der Waals surface area contributed by atoms with Gasteiger partial charge in [0.1, 0.15) is 0 Å². The van der Waals surface area contributed by atoms with Gasteiger partial charge in [-0.2, -0.15) is 17.9 Å². The highest BCUT2D eigenvalue weighted by molar-refractivity contribution is 7.98. The summed E-state index contributed by atoms with van der Waals surface area (Å²) in [5.74, 6) is -3.05. The quantitative estimate of drug-likeness (QED) is 0.526. The van der Waals surface area contributed by atoms with Crippen molar-refractivity contribution in [3.8, 4) is 0 Å². The lowest BCUT2D eigenvalue weighted by Gasteiger charge is -2.39. The van der Waals surface area contributed by atoms with Crippen molar-refractivity contribution < 1.29 is 27.9 Å². The molecule has 9 nitrogen and oxygen atoms in total. The van der Waals surface area contributed by atoms with Crippen LogP contribution in [0, 0.1) is 11.3 Å². The van der Waals surface area contributed by atoms with Crippen molar-refractivity contribution >= 4 is 23.7 Å². The van der Waals surface area contributed by atoms with Crippen LogP contribution in [0.5, 0.6) is 0 Å². The molecule has 3 atom stereocenters. The van der Waals surface area contributed by atoms with Gasteiger partial charge < -0.3 is 20.6 Å². The van der Waals surface area contributed by atoms with Crippen molar-refractivity contribution in [3.63, 3.8) is 0 Å². The number of rotatable bonds is 5. The maximum atomic E-state index is 14.2. The lowest BCUT2D eigenvalue weighted by molar-refractivity contribution is -0.190. The van der Waals surface area contributed by atoms with E-state index in [0.717, 1.165) is 15.8 Å². The second kappa shape index (κ2) is 11.5. The summed E-state index contributed by atoms with van der Waals surface area (Å²) in [7, 11) is 0. The van der Waals surface area contributed by atoms with Crippen molar-refractivity contribution in [1.29, 1.82) is 0 Å². The third kappa shape index (κ3) is 6.75. The van der Waals surface area contributed by atoms with Crippen LogP contribution in [-0.4, -0.2) is 80.1 Å². The highest BCUT2D eigenvalue weighted by Crippen LogP contribution is 2.43. The third-order valence-electron chi connectivity index (χ3n) is 7.12. The molecule has 1 aromatic heterocycles. The van der Waals surface area contributed by atoms with Crippen molar-refractivity contribution in [2.75, 3.05) is 26.2 Å². The molecule has 3 N–H and O–H groups in total. The van der Waals surface area contributed by atoms with E-state index in [-0.39, 0.29) is 42.9 Å². The highest BCUT2D eigenvalue weighted by Gasteiger charge is 2.50. The molecule has 13 heteroatoms. The Morgan fingerprint density at radius 1 is 1.05 bits per heavy atom. The maximum absolute atomic E-state index is 14.2. The van der Waals surface area contributed by atoms with Crippen LogP contribution in [0.1, 0.15) is 61.3 Å². The molecule has 2 aromatic rings. The summed E-state index contributed by atoms with van der Waals surface area (Å²) in [4.78, 5) is 33.6. The Bertz CT molecular complexity index is 1180. The van der Waals surface area contributed by atoms with Crippen LogP contribution >= 0.6 is 11.8 Å². The van der Waals surface area contributed by atoms with Crippen LogP contribution in [0.15, 0.2) is 29.4 Å². The topological polar surface area (TPSA) is 118 Å². The summed E-state index contributed by atoms with van der Waals surface area (Å²) in [6, 6.07) is 7.20. The van der Waals surface area contributed by atoms with Gasteiger partial charge in [0.15, 0.2) is 11.0 Å². The molecule has 2 aliphatic heterocycles. The van der Waals surface area contributed by atoms with Crippen LogP contribution in [0.2, 0.25) is 0 Å². The Balaban J connectivity index is 1.64. The van der Waals surface area contributed by atoms with Crippen LogP contribution < -0.4 is 5.73 Å². The molecule has 214 valence electrons. The first-order valence-corrected chi connectivity index (χ1v) is 14.0. The largest absolute Gasteiger partial charge is 0.392 e. The molecular weight excluding hydrogens is 533 g/mol. The van der Waals surface area contributed by atoms with Gasteiger partial charge in [-0.15, -0.1) is 5.10 Å². The molecule has 1 aromatic carbocycles. The standard InChI is InChI=1S/C26H35F3N6O3S/c1-25(2,3)22(37)35-23(39-15-17-6-4-16(12-30)5-7-17)31-21(32-35)19-14-34(11-9-20(19)26(27,28)29)24(38)33-10-8-18(36)13-33/h4-7,18-20,36H,8-15,30H2,1-3H3. The average molecular weight is 569 g/mol. The lowest BCUT2D eigenvalue weighted by atomic mass is 9.84. The number of benzene rings is 1. The van der Waals surface area contributed by atoms with E-state index in [1.165, 1.54) is 21.6 Å². The fourth-order valence-electron chi connectivity index (χ4n) is 4.83. The fourth-order valence-corrected chi connectivity index (χ4v) is 5.72. The van der Waals surface area contributed by atoms with E-state index in [2.05, 4.69) is 10.1 Å². The van der Waals surface area contributed by atoms with E-state index in [9.17, 15) is 27.9 Å². The summed E-state index contributed by atoms with van der Waals surface area (Å²) < 4.78 is 43.6. The van der Waals surface area contributed by atoms with Crippen LogP contribution in [-0.2, 0) is 12.3 Å². The number of likely N-dealkylation sites (tertiary alicyclic amines) is 2. The minimum absolute atomic E-state index is 0.0614. The normalized spacial score (nSPS) is 22.4. The summed E-state index contributed by atoms with van der Waals surface area (Å²) >= 11 is 1.22. The second-order valence-electron chi connectivity index (χ2n) is 11.2. The number of nitrogens with zero attached hydrogens (tertiary/aromatic N) is 5. The first-order valence-electron chi connectivity index (χ1n) is 13.0. The number of carbonyl (C=O) groups excluding carboxylic acids is 2. The minimum Gasteiger partial charge on any atom is -0.391 e. The van der Waals surface area contributed by atoms with Gasteiger partial charge >= 0.3 is 12.2 Å². The van der Waals surface area contributed by atoms with Gasteiger partial charge in [0, 0.05) is 43.9 Å². The zero-order valence-electron chi connectivity index (χ0n) is 22.3. The molecule has 0 spiro atoms. The number of aliphatic hydroxyl groups is 1. The second-order valence-corrected chi connectivity index (χ2v) is 12.1.